The topological polar surface area (TPSA) is 71.5 Å². The Labute approximate surface area is 191 Å². The Kier molecular flexibility index (Phi) is 7.93. The summed E-state index contributed by atoms with van der Waals surface area (Å²) in [5, 5.41) is 11.5. The third kappa shape index (κ3) is 6.23. The Bertz CT molecular complexity index is 1140. The maximum Gasteiger partial charge on any atom is 0.416 e. The van der Waals surface area contributed by atoms with E-state index >= 15 is 0 Å². The molecule has 10 heteroatoms. The number of rotatable bonds is 8. The molecule has 0 bridgehead atoms. The number of thioether (sulfide) groups is 1. The van der Waals surface area contributed by atoms with Crippen LogP contribution in [0.4, 0.5) is 23.2 Å². The number of benzene rings is 2. The van der Waals surface area contributed by atoms with Crippen molar-refractivity contribution in [2.45, 2.75) is 11.9 Å². The Balaban J connectivity index is 1.96. The first-order valence-corrected chi connectivity index (χ1v) is 10.9. The first-order valence-electron chi connectivity index (χ1n) is 9.72. The van der Waals surface area contributed by atoms with Gasteiger partial charge < -0.3 is 15.2 Å². The highest BCUT2D eigenvalue weighted by Gasteiger charge is 2.32. The average Bonchev–Trinajstić information content (AvgIpc) is 2.79. The number of pyridine rings is 1. The molecule has 0 fully saturated rings. The van der Waals surface area contributed by atoms with Crippen molar-refractivity contribution in [3.63, 3.8) is 0 Å². The molecule has 0 unspecified atom stereocenters. The number of nitrogens with zero attached hydrogens (tertiary/aromatic N) is 1. The van der Waals surface area contributed by atoms with Crippen molar-refractivity contribution in [2.24, 2.45) is 0 Å². The number of anilines is 1. The lowest BCUT2D eigenvalue weighted by molar-refractivity contribution is -0.137. The summed E-state index contributed by atoms with van der Waals surface area (Å²) in [6.07, 6.45) is -1.82. The second-order valence-corrected chi connectivity index (χ2v) is 8.02. The van der Waals surface area contributed by atoms with Crippen molar-refractivity contribution in [2.75, 3.05) is 24.8 Å². The lowest BCUT2D eigenvalue weighted by atomic mass is 10.0. The molecule has 3 rings (SSSR count). The van der Waals surface area contributed by atoms with Gasteiger partial charge in [-0.1, -0.05) is 0 Å². The summed E-state index contributed by atoms with van der Waals surface area (Å²) in [5.41, 5.74) is 0.343. The molecular weight excluding hydrogens is 460 g/mol. The predicted octanol–water partition coefficient (Wildman–Crippen LogP) is 5.39. The van der Waals surface area contributed by atoms with E-state index in [0.717, 1.165) is 12.1 Å². The van der Waals surface area contributed by atoms with Crippen molar-refractivity contribution in [3.05, 3.63) is 77.4 Å². The maximum atomic E-state index is 13.6. The summed E-state index contributed by atoms with van der Waals surface area (Å²) in [6, 6.07) is 8.61. The van der Waals surface area contributed by atoms with Crippen molar-refractivity contribution in [1.29, 1.82) is 0 Å². The number of nitrogens with one attached hydrogen (secondary N) is 1. The van der Waals surface area contributed by atoms with Gasteiger partial charge in [-0.3, -0.25) is 9.78 Å². The summed E-state index contributed by atoms with van der Waals surface area (Å²) in [4.78, 5) is 16.9. The number of carbonyl (C=O) groups excluding carboxylic acids is 1. The fourth-order valence-corrected chi connectivity index (χ4v) is 3.81. The number of hydrogen-bond acceptors (Lipinski definition) is 5. The van der Waals surface area contributed by atoms with Gasteiger partial charge >= 0.3 is 6.18 Å². The fourth-order valence-electron chi connectivity index (χ4n) is 3.14. The van der Waals surface area contributed by atoms with Crippen LogP contribution in [0.3, 0.4) is 0 Å². The molecule has 0 spiro atoms. The van der Waals surface area contributed by atoms with Gasteiger partial charge in [-0.25, -0.2) is 4.39 Å². The lowest BCUT2D eigenvalue weighted by Gasteiger charge is -2.15. The number of carbonyl (C=O) groups is 1. The molecule has 1 heterocycles. The van der Waals surface area contributed by atoms with E-state index in [0.29, 0.717) is 22.4 Å². The van der Waals surface area contributed by atoms with Crippen LogP contribution in [0.15, 0.2) is 54.9 Å². The number of aliphatic hydroxyl groups is 1. The Morgan fingerprint density at radius 1 is 1.15 bits per heavy atom. The van der Waals surface area contributed by atoms with Gasteiger partial charge in [0.1, 0.15) is 11.6 Å². The lowest BCUT2D eigenvalue weighted by Crippen LogP contribution is -2.15. The van der Waals surface area contributed by atoms with E-state index in [-0.39, 0.29) is 29.4 Å². The number of aromatic nitrogens is 1. The largest absolute Gasteiger partial charge is 0.496 e. The summed E-state index contributed by atoms with van der Waals surface area (Å²) in [7, 11) is 1.37. The second-order valence-electron chi connectivity index (χ2n) is 6.91. The Morgan fingerprint density at radius 2 is 1.94 bits per heavy atom. The fraction of sp³-hybridized carbons (Fsp3) is 0.217. The normalized spacial score (nSPS) is 11.3. The van der Waals surface area contributed by atoms with E-state index in [4.69, 9.17) is 9.84 Å². The smallest absolute Gasteiger partial charge is 0.416 e. The molecule has 3 aromatic rings. The van der Waals surface area contributed by atoms with Crippen LogP contribution in [0.1, 0.15) is 21.5 Å². The van der Waals surface area contributed by atoms with E-state index in [1.807, 2.05) is 0 Å². The first kappa shape index (κ1) is 24.5. The van der Waals surface area contributed by atoms with E-state index in [9.17, 15) is 22.4 Å². The number of alkyl halides is 3. The van der Waals surface area contributed by atoms with Crippen LogP contribution in [0.25, 0.3) is 11.1 Å². The SMILES string of the molecule is COc1cc(F)ccc1-c1ccncc1NC(=O)c1cc(CSCCO)cc(C(F)(F)F)c1. The quantitative estimate of drug-likeness (QED) is 0.334. The van der Waals surface area contributed by atoms with Crippen LogP contribution in [0, 0.1) is 5.82 Å². The molecule has 174 valence electrons. The van der Waals surface area contributed by atoms with Crippen LogP contribution < -0.4 is 10.1 Å². The zero-order valence-electron chi connectivity index (χ0n) is 17.4. The van der Waals surface area contributed by atoms with E-state index < -0.39 is 23.5 Å². The number of amides is 1. The van der Waals surface area contributed by atoms with Crippen LogP contribution in [0.5, 0.6) is 5.75 Å². The molecule has 0 atom stereocenters. The number of hydrogen-bond donors (Lipinski definition) is 2. The Morgan fingerprint density at radius 3 is 2.64 bits per heavy atom. The third-order valence-electron chi connectivity index (χ3n) is 4.61. The van der Waals surface area contributed by atoms with Crippen molar-refractivity contribution in [1.82, 2.24) is 4.98 Å². The van der Waals surface area contributed by atoms with Gasteiger partial charge in [0.05, 0.1) is 31.2 Å². The highest BCUT2D eigenvalue weighted by molar-refractivity contribution is 7.98. The minimum atomic E-state index is -4.63. The van der Waals surface area contributed by atoms with Gasteiger partial charge in [-0.05, 0) is 42.0 Å². The van der Waals surface area contributed by atoms with E-state index in [2.05, 4.69) is 10.3 Å². The van der Waals surface area contributed by atoms with Crippen LogP contribution in [-0.2, 0) is 11.9 Å². The molecule has 5 nitrogen and oxygen atoms in total. The van der Waals surface area contributed by atoms with E-state index in [1.54, 1.807) is 6.07 Å². The summed E-state index contributed by atoms with van der Waals surface area (Å²) < 4.78 is 59.0. The van der Waals surface area contributed by atoms with E-state index in [1.165, 1.54) is 55.5 Å². The maximum absolute atomic E-state index is 13.6. The second kappa shape index (κ2) is 10.7. The zero-order chi connectivity index (χ0) is 24.0. The standard InChI is InChI=1S/C23H20F4N2O3S/c1-32-21-11-17(24)2-3-19(21)18-4-5-28-12-20(18)29-22(31)15-8-14(13-33-7-6-30)9-16(10-15)23(25,26)27/h2-5,8-12,30H,6-7,13H2,1H3,(H,29,31). The number of aliphatic hydroxyl groups excluding tert-OH is 1. The van der Waals surface area contributed by atoms with Crippen molar-refractivity contribution in [3.8, 4) is 16.9 Å². The van der Waals surface area contributed by atoms with Crippen LogP contribution in [-0.4, -0.2) is 35.5 Å². The monoisotopic (exact) mass is 480 g/mol. The molecular formula is C23H20F4N2O3S. The molecule has 33 heavy (non-hydrogen) atoms. The third-order valence-corrected chi connectivity index (χ3v) is 5.62. The molecule has 0 saturated heterocycles. The van der Waals surface area contributed by atoms with Gasteiger partial charge in [0.25, 0.3) is 5.91 Å². The first-order chi connectivity index (χ1) is 15.7. The molecule has 2 N–H and O–H groups in total. The van der Waals surface area contributed by atoms with Gasteiger partial charge in [0.2, 0.25) is 0 Å². The summed E-state index contributed by atoms with van der Waals surface area (Å²) in [5.74, 6) is -0.485. The zero-order valence-corrected chi connectivity index (χ0v) is 18.3. The molecule has 0 aliphatic heterocycles. The van der Waals surface area contributed by atoms with Crippen molar-refractivity contribution >= 4 is 23.4 Å². The van der Waals surface area contributed by atoms with Crippen LogP contribution >= 0.6 is 11.8 Å². The highest BCUT2D eigenvalue weighted by atomic mass is 32.2. The minimum absolute atomic E-state index is 0.104. The van der Waals surface area contributed by atoms with Crippen LogP contribution in [0.2, 0.25) is 0 Å². The summed E-state index contributed by atoms with van der Waals surface area (Å²) >= 11 is 1.25. The van der Waals surface area contributed by atoms with Gasteiger partial charge in [-0.15, -0.1) is 0 Å². The molecule has 1 aromatic heterocycles. The van der Waals surface area contributed by atoms with Gasteiger partial charge in [0, 0.05) is 40.5 Å². The van der Waals surface area contributed by atoms with Crippen molar-refractivity contribution < 1.29 is 32.2 Å². The molecule has 0 aliphatic carbocycles. The summed E-state index contributed by atoms with van der Waals surface area (Å²) in [6.45, 7) is -0.104. The highest BCUT2D eigenvalue weighted by Crippen LogP contribution is 2.36. The number of halogens is 4. The number of ether oxygens (including phenoxy) is 1. The average molecular weight is 480 g/mol. The molecule has 1 amide bonds. The molecule has 2 aromatic carbocycles. The predicted molar refractivity (Wildman–Crippen MR) is 119 cm³/mol. The molecule has 0 radical (unpaired) electrons. The minimum Gasteiger partial charge on any atom is -0.496 e. The Hall–Kier alpha value is -3.11. The van der Waals surface area contributed by atoms with Gasteiger partial charge in [0.15, 0.2) is 0 Å². The molecule has 0 saturated carbocycles. The number of methoxy groups -OCH3 is 1. The van der Waals surface area contributed by atoms with Gasteiger partial charge in [-0.2, -0.15) is 24.9 Å². The molecule has 0 aliphatic rings.